The van der Waals surface area contributed by atoms with Gasteiger partial charge in [-0.1, -0.05) is 11.6 Å². The van der Waals surface area contributed by atoms with Gasteiger partial charge in [0.1, 0.15) is 5.75 Å². The molecule has 1 amide bonds. The fraction of sp³-hybridized carbons (Fsp3) is 0.150. The molecule has 0 fully saturated rings. The second-order valence-electron chi connectivity index (χ2n) is 6.42. The molecule has 0 aliphatic rings. The molecule has 0 aliphatic carbocycles. The monoisotopic (exact) mass is 463 g/mol. The fourth-order valence-corrected chi connectivity index (χ4v) is 4.13. The summed E-state index contributed by atoms with van der Waals surface area (Å²) in [6, 6.07) is 11.3. The number of aliphatic carboxylic acids is 1. The van der Waals surface area contributed by atoms with Crippen LogP contribution < -0.4 is 10.1 Å². The first-order valence-corrected chi connectivity index (χ1v) is 10.8. The Bertz CT molecular complexity index is 1220. The number of ether oxygens (including phenoxy) is 1. The van der Waals surface area contributed by atoms with Gasteiger partial charge < -0.3 is 15.2 Å². The minimum Gasteiger partial charge on any atom is -0.497 e. The van der Waals surface area contributed by atoms with E-state index in [4.69, 9.17) is 21.4 Å². The number of methoxy groups -OCH3 is 1. The van der Waals surface area contributed by atoms with Crippen LogP contribution in [0.3, 0.4) is 0 Å². The highest BCUT2D eigenvalue weighted by Gasteiger charge is 2.20. The van der Waals surface area contributed by atoms with Crippen LogP contribution >= 0.6 is 11.6 Å². The van der Waals surface area contributed by atoms with Gasteiger partial charge in [-0.05, 0) is 42.5 Å². The summed E-state index contributed by atoms with van der Waals surface area (Å²) < 4.78 is 32.5. The molecule has 11 heteroatoms. The molecule has 162 valence electrons. The van der Waals surface area contributed by atoms with Crippen molar-refractivity contribution in [1.82, 2.24) is 9.78 Å². The number of amides is 1. The van der Waals surface area contributed by atoms with Crippen LogP contribution in [0.15, 0.2) is 64.5 Å². The average molecular weight is 464 g/mol. The number of benzene rings is 2. The van der Waals surface area contributed by atoms with E-state index in [2.05, 4.69) is 10.4 Å². The summed E-state index contributed by atoms with van der Waals surface area (Å²) in [5, 5.41) is 15.8. The lowest BCUT2D eigenvalue weighted by Gasteiger charge is -2.11. The van der Waals surface area contributed by atoms with E-state index in [9.17, 15) is 18.0 Å². The van der Waals surface area contributed by atoms with Crippen molar-refractivity contribution in [3.63, 3.8) is 0 Å². The Kier molecular flexibility index (Phi) is 6.62. The number of carbonyl (C=O) groups is 2. The number of carboxylic acid groups (broad SMARTS) is 1. The van der Waals surface area contributed by atoms with Gasteiger partial charge in [-0.15, -0.1) is 0 Å². The molecule has 3 aromatic rings. The van der Waals surface area contributed by atoms with Gasteiger partial charge in [0.2, 0.25) is 9.84 Å². The molecule has 31 heavy (non-hydrogen) atoms. The number of carbonyl (C=O) groups excluding carboxylic acids is 1. The lowest BCUT2D eigenvalue weighted by Crippen LogP contribution is -2.14. The molecule has 9 nitrogen and oxygen atoms in total. The molecule has 0 unspecified atom stereocenters. The van der Waals surface area contributed by atoms with Crippen molar-refractivity contribution < 1.29 is 27.9 Å². The Morgan fingerprint density at radius 2 is 1.84 bits per heavy atom. The van der Waals surface area contributed by atoms with Crippen LogP contribution in [-0.4, -0.2) is 42.3 Å². The number of sulfone groups is 1. The van der Waals surface area contributed by atoms with Gasteiger partial charge in [0, 0.05) is 23.0 Å². The molecular formula is C20H18ClN3O6S. The van der Waals surface area contributed by atoms with E-state index < -0.39 is 21.7 Å². The third-order valence-corrected chi connectivity index (χ3v) is 6.24. The van der Waals surface area contributed by atoms with Crippen molar-refractivity contribution in [2.45, 2.75) is 22.8 Å². The molecule has 0 bridgehead atoms. The summed E-state index contributed by atoms with van der Waals surface area (Å²) in [7, 11) is -2.51. The molecule has 0 spiro atoms. The van der Waals surface area contributed by atoms with Crippen molar-refractivity contribution in [2.24, 2.45) is 0 Å². The lowest BCUT2D eigenvalue weighted by atomic mass is 10.3. The summed E-state index contributed by atoms with van der Waals surface area (Å²) in [5.41, 5.74) is 0.243. The first-order valence-electron chi connectivity index (χ1n) is 8.95. The zero-order chi connectivity index (χ0) is 22.6. The molecule has 2 aromatic carbocycles. The highest BCUT2D eigenvalue weighted by molar-refractivity contribution is 7.91. The lowest BCUT2D eigenvalue weighted by molar-refractivity contribution is -0.137. The minimum absolute atomic E-state index is 0.0413. The second-order valence-corrected chi connectivity index (χ2v) is 8.80. The number of aromatic nitrogens is 2. The molecule has 1 heterocycles. The maximum atomic E-state index is 13.0. The minimum atomic E-state index is -3.89. The molecule has 0 atom stereocenters. The van der Waals surface area contributed by atoms with Crippen molar-refractivity contribution >= 4 is 39.0 Å². The van der Waals surface area contributed by atoms with Crippen LogP contribution in [0.5, 0.6) is 5.75 Å². The molecular weight excluding hydrogens is 446 g/mol. The van der Waals surface area contributed by atoms with Crippen LogP contribution in [0.1, 0.15) is 16.9 Å². The molecule has 0 aliphatic heterocycles. The number of nitrogens with one attached hydrogen (secondary N) is 1. The quantitative estimate of drug-likeness (QED) is 0.525. The summed E-state index contributed by atoms with van der Waals surface area (Å²) in [6.45, 7) is 0.116. The van der Waals surface area contributed by atoms with Crippen LogP contribution in [0.2, 0.25) is 5.02 Å². The van der Waals surface area contributed by atoms with Crippen LogP contribution in [0.4, 0.5) is 5.69 Å². The first kappa shape index (κ1) is 22.3. The third kappa shape index (κ3) is 5.41. The zero-order valence-corrected chi connectivity index (χ0v) is 17.9. The Morgan fingerprint density at radius 1 is 1.13 bits per heavy atom. The smallest absolute Gasteiger partial charge is 0.305 e. The van der Waals surface area contributed by atoms with E-state index in [1.54, 1.807) is 0 Å². The normalized spacial score (nSPS) is 11.2. The maximum Gasteiger partial charge on any atom is 0.305 e. The molecule has 0 saturated heterocycles. The van der Waals surface area contributed by atoms with Gasteiger partial charge in [0.05, 0.1) is 29.9 Å². The molecule has 3 rings (SSSR count). The van der Waals surface area contributed by atoms with Gasteiger partial charge in [0.25, 0.3) is 5.91 Å². The molecule has 2 N–H and O–H groups in total. The van der Waals surface area contributed by atoms with Crippen molar-refractivity contribution in [3.8, 4) is 5.75 Å². The summed E-state index contributed by atoms with van der Waals surface area (Å²) in [4.78, 5) is 23.2. The van der Waals surface area contributed by atoms with E-state index in [0.29, 0.717) is 5.02 Å². The number of hydrogen-bond donors (Lipinski definition) is 2. The van der Waals surface area contributed by atoms with E-state index >= 15 is 0 Å². The van der Waals surface area contributed by atoms with E-state index in [1.165, 1.54) is 66.5 Å². The predicted molar refractivity (Wildman–Crippen MR) is 112 cm³/mol. The SMILES string of the molecule is COc1cc(NC(=O)c2ccn(CCC(=O)O)n2)cc(S(=O)(=O)c2ccc(Cl)cc2)c1. The predicted octanol–water partition coefficient (Wildman–Crippen LogP) is 3.10. The Hall–Kier alpha value is -3.37. The second kappa shape index (κ2) is 9.19. The largest absolute Gasteiger partial charge is 0.497 e. The van der Waals surface area contributed by atoms with Gasteiger partial charge in [-0.25, -0.2) is 8.42 Å². The maximum absolute atomic E-state index is 13.0. The summed E-state index contributed by atoms with van der Waals surface area (Å²) >= 11 is 5.83. The van der Waals surface area contributed by atoms with E-state index in [1.807, 2.05) is 0 Å². The Labute approximate surface area is 183 Å². The highest BCUT2D eigenvalue weighted by Crippen LogP contribution is 2.29. The van der Waals surface area contributed by atoms with Crippen LogP contribution in [0.25, 0.3) is 0 Å². The Balaban J connectivity index is 1.86. The number of halogens is 1. The molecule has 1 aromatic heterocycles. The number of nitrogens with zero attached hydrogens (tertiary/aromatic N) is 2. The number of aryl methyl sites for hydroxylation is 1. The van der Waals surface area contributed by atoms with Crippen LogP contribution in [-0.2, 0) is 21.2 Å². The van der Waals surface area contributed by atoms with Gasteiger partial charge in [0.15, 0.2) is 5.69 Å². The number of anilines is 1. The number of rotatable bonds is 8. The first-order chi connectivity index (χ1) is 14.7. The fourth-order valence-electron chi connectivity index (χ4n) is 2.68. The van der Waals surface area contributed by atoms with Gasteiger partial charge >= 0.3 is 5.97 Å². The van der Waals surface area contributed by atoms with Gasteiger partial charge in [-0.2, -0.15) is 5.10 Å². The summed E-state index contributed by atoms with van der Waals surface area (Å²) in [6.07, 6.45) is 1.35. The average Bonchev–Trinajstić information content (AvgIpc) is 3.21. The van der Waals surface area contributed by atoms with E-state index in [0.717, 1.165) is 0 Å². The summed E-state index contributed by atoms with van der Waals surface area (Å²) in [5.74, 6) is -1.33. The number of carboxylic acids is 1. The van der Waals surface area contributed by atoms with E-state index in [-0.39, 0.29) is 39.9 Å². The highest BCUT2D eigenvalue weighted by atomic mass is 35.5. The third-order valence-electron chi connectivity index (χ3n) is 4.24. The van der Waals surface area contributed by atoms with Gasteiger partial charge in [-0.3, -0.25) is 14.3 Å². The molecule has 0 radical (unpaired) electrons. The molecule has 0 saturated carbocycles. The van der Waals surface area contributed by atoms with Crippen molar-refractivity contribution in [3.05, 3.63) is 65.4 Å². The zero-order valence-electron chi connectivity index (χ0n) is 16.3. The van der Waals surface area contributed by atoms with Crippen molar-refractivity contribution in [2.75, 3.05) is 12.4 Å². The topological polar surface area (TPSA) is 128 Å². The Morgan fingerprint density at radius 3 is 2.48 bits per heavy atom. The van der Waals surface area contributed by atoms with Crippen LogP contribution in [0, 0.1) is 0 Å². The number of hydrogen-bond acceptors (Lipinski definition) is 6. The standard InChI is InChI=1S/C20H18ClN3O6S/c1-30-15-10-14(22-20(27)18-6-8-24(23-18)9-7-19(25)26)11-17(12-15)31(28,29)16-4-2-13(21)3-5-16/h2-6,8,10-12H,7,9H2,1H3,(H,22,27)(H,25,26). The van der Waals surface area contributed by atoms with Crippen molar-refractivity contribution in [1.29, 1.82) is 0 Å².